The lowest BCUT2D eigenvalue weighted by molar-refractivity contribution is -0.123. The van der Waals surface area contributed by atoms with E-state index < -0.39 is 0 Å². The van der Waals surface area contributed by atoms with Crippen LogP contribution in [0.2, 0.25) is 0 Å². The fourth-order valence-electron chi connectivity index (χ4n) is 4.33. The van der Waals surface area contributed by atoms with Gasteiger partial charge in [-0.3, -0.25) is 20.4 Å². The molecule has 2 aliphatic carbocycles. The lowest BCUT2D eigenvalue weighted by atomic mass is 9.86. The Labute approximate surface area is 155 Å². The third-order valence-electron chi connectivity index (χ3n) is 5.61. The number of carbonyl (C=O) groups is 2. The molecule has 2 N–H and O–H groups in total. The van der Waals surface area contributed by atoms with E-state index in [1.807, 2.05) is 6.07 Å². The van der Waals surface area contributed by atoms with Gasteiger partial charge < -0.3 is 0 Å². The summed E-state index contributed by atoms with van der Waals surface area (Å²) < 4.78 is 13.0. The zero-order valence-corrected chi connectivity index (χ0v) is 15.2. The number of hydrogen-bond donors (Lipinski definition) is 2. The van der Waals surface area contributed by atoms with E-state index in [2.05, 4.69) is 10.9 Å². The Bertz CT molecular complexity index is 817. The molecule has 2 aliphatic rings. The van der Waals surface area contributed by atoms with E-state index in [9.17, 15) is 14.0 Å². The van der Waals surface area contributed by atoms with Gasteiger partial charge in [-0.15, -0.1) is 11.3 Å². The summed E-state index contributed by atoms with van der Waals surface area (Å²) in [7, 11) is 0. The molecular formula is C20H21FN2O2S. The number of halogens is 1. The molecule has 0 aliphatic heterocycles. The Hall–Kier alpha value is -2.21. The van der Waals surface area contributed by atoms with Crippen molar-refractivity contribution in [3.8, 4) is 10.4 Å². The molecule has 1 aromatic carbocycles. The summed E-state index contributed by atoms with van der Waals surface area (Å²) in [5.74, 6) is 1.23. The monoisotopic (exact) mass is 372 g/mol. The maximum absolute atomic E-state index is 13.0. The van der Waals surface area contributed by atoms with Crippen molar-refractivity contribution >= 4 is 23.2 Å². The maximum Gasteiger partial charge on any atom is 0.279 e. The van der Waals surface area contributed by atoms with Crippen LogP contribution in [0.25, 0.3) is 10.4 Å². The number of benzene rings is 1. The number of fused-ring (bicyclic) bond motifs is 2. The standard InChI is InChI=1S/C20H21FN2O2S/c21-16-5-3-13(4-6-16)17-7-8-18(26-17)20(25)23-22-19(24)11-15-10-12-1-2-14(15)9-12/h3-8,12,14-15H,1-2,9-11H2,(H,22,24)(H,23,25)/t12-,14-,15-/m1/s1. The summed E-state index contributed by atoms with van der Waals surface area (Å²) in [5, 5.41) is 0. The fourth-order valence-corrected chi connectivity index (χ4v) is 5.24. The van der Waals surface area contributed by atoms with Crippen LogP contribution in [0, 0.1) is 23.6 Å². The molecule has 2 saturated carbocycles. The molecule has 6 heteroatoms. The van der Waals surface area contributed by atoms with Crippen molar-refractivity contribution in [1.29, 1.82) is 0 Å². The first kappa shape index (κ1) is 17.2. The average molecular weight is 372 g/mol. The molecule has 136 valence electrons. The van der Waals surface area contributed by atoms with Crippen LogP contribution in [-0.4, -0.2) is 11.8 Å². The van der Waals surface area contributed by atoms with E-state index in [0.29, 0.717) is 23.1 Å². The zero-order chi connectivity index (χ0) is 18.1. The number of hydrogen-bond acceptors (Lipinski definition) is 3. The predicted octanol–water partition coefficient (Wildman–Crippen LogP) is 4.14. The van der Waals surface area contributed by atoms with E-state index in [-0.39, 0.29) is 17.6 Å². The normalized spacial score (nSPS) is 23.8. The van der Waals surface area contributed by atoms with Gasteiger partial charge in [-0.05, 0) is 66.8 Å². The van der Waals surface area contributed by atoms with Gasteiger partial charge in [0.2, 0.25) is 5.91 Å². The number of nitrogens with one attached hydrogen (secondary N) is 2. The van der Waals surface area contributed by atoms with Crippen LogP contribution >= 0.6 is 11.3 Å². The van der Waals surface area contributed by atoms with Gasteiger partial charge >= 0.3 is 0 Å². The number of carbonyl (C=O) groups excluding carboxylic acids is 2. The molecule has 1 heterocycles. The Morgan fingerprint density at radius 3 is 2.54 bits per heavy atom. The highest BCUT2D eigenvalue weighted by atomic mass is 32.1. The first-order valence-electron chi connectivity index (χ1n) is 9.03. The highest BCUT2D eigenvalue weighted by Gasteiger charge is 2.40. The van der Waals surface area contributed by atoms with Crippen molar-refractivity contribution in [2.45, 2.75) is 32.1 Å². The van der Waals surface area contributed by atoms with Crippen LogP contribution in [0.4, 0.5) is 4.39 Å². The minimum Gasteiger partial charge on any atom is -0.273 e. The molecular weight excluding hydrogens is 351 g/mol. The van der Waals surface area contributed by atoms with Crippen LogP contribution in [0.5, 0.6) is 0 Å². The minimum atomic E-state index is -0.329. The molecule has 4 rings (SSSR count). The maximum atomic E-state index is 13.0. The fraction of sp³-hybridized carbons (Fsp3) is 0.400. The summed E-state index contributed by atoms with van der Waals surface area (Å²) in [5.41, 5.74) is 5.90. The van der Waals surface area contributed by atoms with E-state index in [0.717, 1.165) is 22.8 Å². The molecule has 0 unspecified atom stereocenters. The van der Waals surface area contributed by atoms with Crippen LogP contribution < -0.4 is 10.9 Å². The van der Waals surface area contributed by atoms with E-state index >= 15 is 0 Å². The third-order valence-corrected chi connectivity index (χ3v) is 6.74. The summed E-state index contributed by atoms with van der Waals surface area (Å²) in [4.78, 5) is 25.7. The van der Waals surface area contributed by atoms with Gasteiger partial charge in [0.15, 0.2) is 0 Å². The van der Waals surface area contributed by atoms with Crippen LogP contribution in [0.1, 0.15) is 41.8 Å². The number of rotatable bonds is 4. The van der Waals surface area contributed by atoms with Gasteiger partial charge in [-0.25, -0.2) is 4.39 Å². The molecule has 4 nitrogen and oxygen atoms in total. The molecule has 2 aromatic rings. The van der Waals surface area contributed by atoms with Gasteiger partial charge in [-0.1, -0.05) is 18.6 Å². The Balaban J connectivity index is 1.29. The number of amides is 2. The molecule has 0 saturated heterocycles. The number of hydrazine groups is 1. The molecule has 1 aromatic heterocycles. The quantitative estimate of drug-likeness (QED) is 0.793. The van der Waals surface area contributed by atoms with Gasteiger partial charge in [0.1, 0.15) is 5.82 Å². The summed E-state index contributed by atoms with van der Waals surface area (Å²) in [6, 6.07) is 9.68. The molecule has 2 bridgehead atoms. The molecule has 0 radical (unpaired) electrons. The van der Waals surface area contributed by atoms with Crippen molar-refractivity contribution in [3.63, 3.8) is 0 Å². The average Bonchev–Trinajstić information content (AvgIpc) is 3.37. The van der Waals surface area contributed by atoms with E-state index in [4.69, 9.17) is 0 Å². The SMILES string of the molecule is O=C(C[C@H]1C[C@@H]2CC[C@@H]1C2)NNC(=O)c1ccc(-c2ccc(F)cc2)s1. The molecule has 3 atom stereocenters. The predicted molar refractivity (Wildman–Crippen MR) is 98.9 cm³/mol. The van der Waals surface area contributed by atoms with Crippen molar-refractivity contribution in [3.05, 3.63) is 47.1 Å². The molecule has 2 fully saturated rings. The number of thiophene rings is 1. The van der Waals surface area contributed by atoms with Crippen molar-refractivity contribution in [2.75, 3.05) is 0 Å². The first-order chi connectivity index (χ1) is 12.6. The Kier molecular flexibility index (Phi) is 4.76. The second-order valence-corrected chi connectivity index (χ2v) is 8.40. The third kappa shape index (κ3) is 3.65. The van der Waals surface area contributed by atoms with Gasteiger partial charge in [-0.2, -0.15) is 0 Å². The van der Waals surface area contributed by atoms with Crippen LogP contribution in [0.15, 0.2) is 36.4 Å². The topological polar surface area (TPSA) is 58.2 Å². The summed E-state index contributed by atoms with van der Waals surface area (Å²) in [6.07, 6.45) is 5.47. The Morgan fingerprint density at radius 2 is 1.85 bits per heavy atom. The van der Waals surface area contributed by atoms with Gasteiger partial charge in [0.05, 0.1) is 4.88 Å². The van der Waals surface area contributed by atoms with E-state index in [1.54, 1.807) is 18.2 Å². The van der Waals surface area contributed by atoms with Crippen molar-refractivity contribution < 1.29 is 14.0 Å². The molecule has 26 heavy (non-hydrogen) atoms. The van der Waals surface area contributed by atoms with Gasteiger partial charge in [0, 0.05) is 11.3 Å². The van der Waals surface area contributed by atoms with Crippen LogP contribution in [-0.2, 0) is 4.79 Å². The highest BCUT2D eigenvalue weighted by molar-refractivity contribution is 7.17. The molecule has 0 spiro atoms. The lowest BCUT2D eigenvalue weighted by Gasteiger charge is -2.20. The lowest BCUT2D eigenvalue weighted by Crippen LogP contribution is -2.42. The smallest absolute Gasteiger partial charge is 0.273 e. The van der Waals surface area contributed by atoms with Gasteiger partial charge in [0.25, 0.3) is 5.91 Å². The van der Waals surface area contributed by atoms with Crippen LogP contribution in [0.3, 0.4) is 0 Å². The largest absolute Gasteiger partial charge is 0.279 e. The highest BCUT2D eigenvalue weighted by Crippen LogP contribution is 2.49. The molecule has 2 amide bonds. The van der Waals surface area contributed by atoms with Crippen molar-refractivity contribution in [1.82, 2.24) is 10.9 Å². The van der Waals surface area contributed by atoms with E-state index in [1.165, 1.54) is 42.7 Å². The summed E-state index contributed by atoms with van der Waals surface area (Å²) in [6.45, 7) is 0. The Morgan fingerprint density at radius 1 is 1.04 bits per heavy atom. The summed E-state index contributed by atoms with van der Waals surface area (Å²) >= 11 is 1.31. The second-order valence-electron chi connectivity index (χ2n) is 7.31. The first-order valence-corrected chi connectivity index (χ1v) is 9.85. The van der Waals surface area contributed by atoms with Crippen molar-refractivity contribution in [2.24, 2.45) is 17.8 Å². The minimum absolute atomic E-state index is 0.119. The second kappa shape index (κ2) is 7.19. The zero-order valence-electron chi connectivity index (χ0n) is 14.3.